The average Bonchev–Trinajstić information content (AvgIpc) is 3.23. The van der Waals surface area contributed by atoms with Gasteiger partial charge in [-0.3, -0.25) is 14.3 Å². The highest BCUT2D eigenvalue weighted by molar-refractivity contribution is 14.0. The lowest BCUT2D eigenvalue weighted by atomic mass is 9.96. The highest BCUT2D eigenvalue weighted by Gasteiger charge is 2.24. The standard InChI is InChI=1S/C19H28N6OS.HI/c1-2-20-19(21-10-13-27(26)14-16-6-4-3-5-7-16)25-11-8-17(9-12-25)18-22-15-23-24-18;/h3-7,15,17H,2,8-14H2,1H3,(H,20,21)(H,22,23,24);1H. The molecule has 154 valence electrons. The molecule has 0 amide bonds. The first-order valence-electron chi connectivity index (χ1n) is 9.53. The molecule has 1 saturated heterocycles. The van der Waals surface area contributed by atoms with E-state index in [0.29, 0.717) is 24.0 Å². The lowest BCUT2D eigenvalue weighted by Gasteiger charge is -2.33. The first kappa shape index (κ1) is 22.8. The summed E-state index contributed by atoms with van der Waals surface area (Å²) in [7, 11) is -0.895. The molecule has 1 fully saturated rings. The van der Waals surface area contributed by atoms with Gasteiger partial charge in [0.2, 0.25) is 0 Å². The first-order valence-corrected chi connectivity index (χ1v) is 11.0. The number of nitrogens with one attached hydrogen (secondary N) is 2. The van der Waals surface area contributed by atoms with Gasteiger partial charge in [-0.1, -0.05) is 30.3 Å². The third-order valence-electron chi connectivity index (χ3n) is 4.70. The number of aliphatic imine (C=N–C) groups is 1. The summed E-state index contributed by atoms with van der Waals surface area (Å²) in [5, 5.41) is 10.3. The van der Waals surface area contributed by atoms with Gasteiger partial charge in [0.05, 0.1) is 6.54 Å². The minimum absolute atomic E-state index is 0. The first-order chi connectivity index (χ1) is 13.3. The average molecular weight is 516 g/mol. The van der Waals surface area contributed by atoms with Gasteiger partial charge in [-0.05, 0) is 25.3 Å². The molecule has 0 aliphatic carbocycles. The van der Waals surface area contributed by atoms with Crippen LogP contribution in [-0.4, -0.2) is 62.2 Å². The van der Waals surface area contributed by atoms with E-state index in [9.17, 15) is 4.21 Å². The van der Waals surface area contributed by atoms with Crippen molar-refractivity contribution in [3.63, 3.8) is 0 Å². The Hall–Kier alpha value is -1.49. The van der Waals surface area contributed by atoms with Gasteiger partial charge in [0.15, 0.2) is 5.96 Å². The molecule has 0 bridgehead atoms. The molecule has 3 rings (SSSR count). The molecule has 1 atom stereocenters. The van der Waals surface area contributed by atoms with Crippen LogP contribution >= 0.6 is 24.0 Å². The van der Waals surface area contributed by atoms with E-state index in [1.807, 2.05) is 30.3 Å². The van der Waals surface area contributed by atoms with Crippen LogP contribution < -0.4 is 5.32 Å². The Morgan fingerprint density at radius 2 is 2.07 bits per heavy atom. The molecule has 1 aliphatic rings. The molecule has 1 aromatic heterocycles. The Kier molecular flexibility index (Phi) is 9.89. The minimum atomic E-state index is -0.895. The maximum Gasteiger partial charge on any atom is 0.193 e. The third-order valence-corrected chi connectivity index (χ3v) is 5.99. The molecule has 0 radical (unpaired) electrons. The van der Waals surface area contributed by atoms with E-state index >= 15 is 0 Å². The van der Waals surface area contributed by atoms with Crippen molar-refractivity contribution in [1.82, 2.24) is 25.4 Å². The highest BCUT2D eigenvalue weighted by Crippen LogP contribution is 2.24. The number of nitrogens with zero attached hydrogens (tertiary/aromatic N) is 4. The fourth-order valence-corrected chi connectivity index (χ4v) is 4.29. The molecular formula is C19H29IN6OS. The van der Waals surface area contributed by atoms with Crippen LogP contribution in [0.3, 0.4) is 0 Å². The summed E-state index contributed by atoms with van der Waals surface area (Å²) in [4.78, 5) is 11.3. The van der Waals surface area contributed by atoms with Gasteiger partial charge in [-0.15, -0.1) is 24.0 Å². The van der Waals surface area contributed by atoms with Crippen LogP contribution in [0.2, 0.25) is 0 Å². The SMILES string of the molecule is CCNC(=NCCS(=O)Cc1ccccc1)N1CCC(c2ncn[nH]2)CC1.I. The van der Waals surface area contributed by atoms with E-state index in [1.54, 1.807) is 6.33 Å². The quantitative estimate of drug-likeness (QED) is 0.336. The van der Waals surface area contributed by atoms with Crippen molar-refractivity contribution in [1.29, 1.82) is 0 Å². The van der Waals surface area contributed by atoms with Crippen LogP contribution in [0, 0.1) is 0 Å². The largest absolute Gasteiger partial charge is 0.357 e. The number of rotatable bonds is 7. The van der Waals surface area contributed by atoms with Crippen LogP contribution in [0.1, 0.15) is 37.1 Å². The Morgan fingerprint density at radius 1 is 1.32 bits per heavy atom. The van der Waals surface area contributed by atoms with E-state index in [0.717, 1.165) is 49.8 Å². The van der Waals surface area contributed by atoms with Crippen LogP contribution in [0.4, 0.5) is 0 Å². The minimum Gasteiger partial charge on any atom is -0.357 e. The lowest BCUT2D eigenvalue weighted by Crippen LogP contribution is -2.45. The molecule has 2 aromatic rings. The van der Waals surface area contributed by atoms with E-state index in [2.05, 4.69) is 32.3 Å². The molecule has 1 aromatic carbocycles. The van der Waals surface area contributed by atoms with E-state index in [4.69, 9.17) is 4.99 Å². The smallest absolute Gasteiger partial charge is 0.193 e. The zero-order chi connectivity index (χ0) is 18.9. The number of halogens is 1. The summed E-state index contributed by atoms with van der Waals surface area (Å²) in [6.07, 6.45) is 3.63. The zero-order valence-electron chi connectivity index (χ0n) is 16.2. The van der Waals surface area contributed by atoms with E-state index in [1.165, 1.54) is 0 Å². The van der Waals surface area contributed by atoms with Gasteiger partial charge < -0.3 is 10.2 Å². The Bertz CT molecular complexity index is 732. The number of likely N-dealkylation sites (tertiary alicyclic amines) is 1. The number of hydrogen-bond acceptors (Lipinski definition) is 4. The lowest BCUT2D eigenvalue weighted by molar-refractivity contribution is 0.299. The third kappa shape index (κ3) is 6.84. The molecular weight excluding hydrogens is 487 g/mol. The number of hydrogen-bond donors (Lipinski definition) is 2. The van der Waals surface area contributed by atoms with Crippen molar-refractivity contribution in [3.8, 4) is 0 Å². The second-order valence-corrected chi connectivity index (χ2v) is 8.22. The highest BCUT2D eigenvalue weighted by atomic mass is 127. The predicted molar refractivity (Wildman–Crippen MR) is 124 cm³/mol. The fourth-order valence-electron chi connectivity index (χ4n) is 3.29. The maximum atomic E-state index is 12.3. The van der Waals surface area contributed by atoms with Gasteiger partial charge in [0, 0.05) is 47.9 Å². The Labute approximate surface area is 186 Å². The van der Waals surface area contributed by atoms with Gasteiger partial charge in [-0.2, -0.15) is 5.10 Å². The van der Waals surface area contributed by atoms with Crippen molar-refractivity contribution >= 4 is 40.7 Å². The second-order valence-electron chi connectivity index (χ2n) is 6.64. The number of aromatic amines is 1. The summed E-state index contributed by atoms with van der Waals surface area (Å²) < 4.78 is 12.3. The van der Waals surface area contributed by atoms with E-state index in [-0.39, 0.29) is 24.0 Å². The van der Waals surface area contributed by atoms with Crippen molar-refractivity contribution in [3.05, 3.63) is 48.0 Å². The zero-order valence-corrected chi connectivity index (χ0v) is 19.4. The molecule has 1 unspecified atom stereocenters. The van der Waals surface area contributed by atoms with Crippen molar-refractivity contribution in [2.75, 3.05) is 31.9 Å². The number of benzene rings is 1. The monoisotopic (exact) mass is 516 g/mol. The number of guanidine groups is 1. The van der Waals surface area contributed by atoms with Crippen LogP contribution in [-0.2, 0) is 16.6 Å². The van der Waals surface area contributed by atoms with Crippen LogP contribution in [0.25, 0.3) is 0 Å². The summed E-state index contributed by atoms with van der Waals surface area (Å²) in [5.41, 5.74) is 1.11. The van der Waals surface area contributed by atoms with Crippen LogP contribution in [0.5, 0.6) is 0 Å². The molecule has 0 saturated carbocycles. The Balaban J connectivity index is 0.00000280. The number of H-pyrrole nitrogens is 1. The van der Waals surface area contributed by atoms with Crippen molar-refractivity contribution in [2.24, 2.45) is 4.99 Å². The van der Waals surface area contributed by atoms with Crippen molar-refractivity contribution < 1.29 is 4.21 Å². The molecule has 7 nitrogen and oxygen atoms in total. The summed E-state index contributed by atoms with van der Waals surface area (Å²) in [6, 6.07) is 9.98. The normalized spacial score (nSPS) is 16.5. The van der Waals surface area contributed by atoms with Gasteiger partial charge in [0.25, 0.3) is 0 Å². The Morgan fingerprint density at radius 3 is 2.71 bits per heavy atom. The summed E-state index contributed by atoms with van der Waals surface area (Å²) >= 11 is 0. The fraction of sp³-hybridized carbons (Fsp3) is 0.526. The molecule has 2 N–H and O–H groups in total. The van der Waals surface area contributed by atoms with Crippen molar-refractivity contribution in [2.45, 2.75) is 31.4 Å². The molecule has 1 aliphatic heterocycles. The number of aromatic nitrogens is 3. The molecule has 28 heavy (non-hydrogen) atoms. The van der Waals surface area contributed by atoms with Gasteiger partial charge in [0.1, 0.15) is 12.2 Å². The molecule has 2 heterocycles. The predicted octanol–water partition coefficient (Wildman–Crippen LogP) is 2.52. The van der Waals surface area contributed by atoms with E-state index < -0.39 is 10.8 Å². The topological polar surface area (TPSA) is 86.3 Å². The second kappa shape index (κ2) is 12.2. The van der Waals surface area contributed by atoms with Gasteiger partial charge >= 0.3 is 0 Å². The number of piperidine rings is 1. The molecule has 9 heteroatoms. The summed E-state index contributed by atoms with van der Waals surface area (Å²) in [6.45, 7) is 5.34. The summed E-state index contributed by atoms with van der Waals surface area (Å²) in [5.74, 6) is 3.51. The van der Waals surface area contributed by atoms with Crippen LogP contribution in [0.15, 0.2) is 41.7 Å². The maximum absolute atomic E-state index is 12.3. The van der Waals surface area contributed by atoms with Gasteiger partial charge in [-0.25, -0.2) is 4.98 Å². The molecule has 0 spiro atoms.